The molecule has 0 aliphatic heterocycles. The highest BCUT2D eigenvalue weighted by atomic mass is 16.2. The van der Waals surface area contributed by atoms with Crippen LogP contribution in [0.4, 0.5) is 0 Å². The Labute approximate surface area is 84.6 Å². The van der Waals surface area contributed by atoms with Crippen molar-refractivity contribution in [2.45, 2.75) is 34.6 Å². The molecule has 0 spiro atoms. The lowest BCUT2D eigenvalue weighted by Crippen LogP contribution is -2.28. The topological polar surface area (TPSA) is 54.9 Å². The van der Waals surface area contributed by atoms with Crippen LogP contribution in [0.5, 0.6) is 0 Å². The number of aromatic amines is 1. The number of nitrogens with zero attached hydrogens (tertiary/aromatic N) is 1. The van der Waals surface area contributed by atoms with Gasteiger partial charge in [-0.05, 0) is 6.92 Å². The molecule has 1 rings (SSSR count). The van der Waals surface area contributed by atoms with Gasteiger partial charge >= 0.3 is 5.69 Å². The van der Waals surface area contributed by atoms with Gasteiger partial charge in [-0.3, -0.25) is 9.78 Å². The first-order chi connectivity index (χ1) is 6.61. The molecule has 0 unspecified atom stereocenters. The zero-order valence-electron chi connectivity index (χ0n) is 9.84. The number of rotatable bonds is 0. The highest BCUT2D eigenvalue weighted by molar-refractivity contribution is 4.99. The van der Waals surface area contributed by atoms with Crippen LogP contribution < -0.4 is 11.2 Å². The van der Waals surface area contributed by atoms with E-state index in [1.54, 1.807) is 14.0 Å². The van der Waals surface area contributed by atoms with Gasteiger partial charge in [-0.25, -0.2) is 4.79 Å². The van der Waals surface area contributed by atoms with Crippen LogP contribution in [-0.4, -0.2) is 9.55 Å². The summed E-state index contributed by atoms with van der Waals surface area (Å²) in [6.07, 6.45) is 1.50. The molecule has 4 nitrogen and oxygen atoms in total. The number of hydrogen-bond acceptors (Lipinski definition) is 2. The van der Waals surface area contributed by atoms with Gasteiger partial charge in [0.2, 0.25) is 0 Å². The summed E-state index contributed by atoms with van der Waals surface area (Å²) in [5, 5.41) is 0. The van der Waals surface area contributed by atoms with Crippen molar-refractivity contribution in [2.75, 3.05) is 0 Å². The van der Waals surface area contributed by atoms with E-state index in [1.807, 2.05) is 27.7 Å². The van der Waals surface area contributed by atoms with E-state index in [2.05, 4.69) is 4.98 Å². The number of nitrogens with one attached hydrogen (secondary N) is 1. The molecule has 0 atom stereocenters. The molecule has 0 aromatic carbocycles. The third-order valence-electron chi connectivity index (χ3n) is 1.29. The van der Waals surface area contributed by atoms with Crippen molar-refractivity contribution in [3.05, 3.63) is 32.6 Å². The quantitative estimate of drug-likeness (QED) is 0.689. The first kappa shape index (κ1) is 15.2. The average Bonchev–Trinajstić information content (AvgIpc) is 2.21. The van der Waals surface area contributed by atoms with Gasteiger partial charge in [0, 0.05) is 18.8 Å². The van der Waals surface area contributed by atoms with E-state index in [0.29, 0.717) is 5.56 Å². The first-order valence-corrected chi connectivity index (χ1v) is 4.88. The summed E-state index contributed by atoms with van der Waals surface area (Å²) >= 11 is 0. The van der Waals surface area contributed by atoms with E-state index in [4.69, 9.17) is 0 Å². The van der Waals surface area contributed by atoms with Crippen LogP contribution in [-0.2, 0) is 7.05 Å². The number of H-pyrrole nitrogens is 1. The minimum absolute atomic E-state index is 0.317. The van der Waals surface area contributed by atoms with Crippen LogP contribution in [0.15, 0.2) is 15.8 Å². The summed E-state index contributed by atoms with van der Waals surface area (Å²) < 4.78 is 1.33. The lowest BCUT2D eigenvalue weighted by atomic mass is 10.4. The van der Waals surface area contributed by atoms with E-state index in [0.717, 1.165) is 0 Å². The molecule has 0 aliphatic carbocycles. The molecule has 0 aliphatic rings. The van der Waals surface area contributed by atoms with E-state index >= 15 is 0 Å². The molecule has 0 radical (unpaired) electrons. The Morgan fingerprint density at radius 2 is 1.57 bits per heavy atom. The van der Waals surface area contributed by atoms with Crippen molar-refractivity contribution < 1.29 is 0 Å². The SMILES string of the molecule is CC.CC.Cc1cn(C)c(=O)[nH]c1=O. The summed E-state index contributed by atoms with van der Waals surface area (Å²) in [6, 6.07) is 0. The van der Waals surface area contributed by atoms with E-state index in [1.165, 1.54) is 10.8 Å². The van der Waals surface area contributed by atoms with Gasteiger partial charge in [0.1, 0.15) is 0 Å². The maximum atomic E-state index is 10.7. The van der Waals surface area contributed by atoms with E-state index in [9.17, 15) is 9.59 Å². The molecule has 1 aromatic heterocycles. The van der Waals surface area contributed by atoms with E-state index in [-0.39, 0.29) is 11.2 Å². The summed E-state index contributed by atoms with van der Waals surface area (Å²) in [7, 11) is 1.59. The molecule has 0 saturated heterocycles. The third kappa shape index (κ3) is 4.64. The van der Waals surface area contributed by atoms with Crippen LogP contribution in [0.1, 0.15) is 33.3 Å². The smallest absolute Gasteiger partial charge is 0.303 e. The second-order valence-electron chi connectivity index (χ2n) is 2.18. The molecule has 1 aromatic rings. The van der Waals surface area contributed by atoms with Gasteiger partial charge < -0.3 is 4.57 Å². The van der Waals surface area contributed by atoms with Gasteiger partial charge in [-0.15, -0.1) is 0 Å². The van der Waals surface area contributed by atoms with Crippen molar-refractivity contribution >= 4 is 0 Å². The second kappa shape index (κ2) is 8.29. The van der Waals surface area contributed by atoms with Gasteiger partial charge in [0.15, 0.2) is 0 Å². The fourth-order valence-electron chi connectivity index (χ4n) is 0.692. The molecule has 0 fully saturated rings. The third-order valence-corrected chi connectivity index (χ3v) is 1.29. The van der Waals surface area contributed by atoms with Crippen molar-refractivity contribution in [3.8, 4) is 0 Å². The number of aryl methyl sites for hydroxylation is 2. The van der Waals surface area contributed by atoms with Crippen LogP contribution in [0.25, 0.3) is 0 Å². The summed E-state index contributed by atoms with van der Waals surface area (Å²) in [5.41, 5.74) is -0.152. The number of aromatic nitrogens is 2. The molecule has 0 amide bonds. The Morgan fingerprint density at radius 1 is 1.14 bits per heavy atom. The molecule has 82 valence electrons. The maximum Gasteiger partial charge on any atom is 0.328 e. The highest BCUT2D eigenvalue weighted by Gasteiger charge is 1.93. The van der Waals surface area contributed by atoms with Crippen molar-refractivity contribution in [1.82, 2.24) is 9.55 Å². The van der Waals surface area contributed by atoms with Crippen LogP contribution in [0.3, 0.4) is 0 Å². The molecular formula is C10H20N2O2. The van der Waals surface area contributed by atoms with Gasteiger partial charge in [0.25, 0.3) is 5.56 Å². The Morgan fingerprint density at radius 3 is 1.93 bits per heavy atom. The van der Waals surface area contributed by atoms with Crippen molar-refractivity contribution in [2.24, 2.45) is 7.05 Å². The molecular weight excluding hydrogens is 180 g/mol. The van der Waals surface area contributed by atoms with Crippen molar-refractivity contribution in [1.29, 1.82) is 0 Å². The second-order valence-corrected chi connectivity index (χ2v) is 2.18. The molecule has 4 heteroatoms. The minimum atomic E-state index is -0.379. The Kier molecular flexibility index (Phi) is 8.98. The predicted molar refractivity (Wildman–Crippen MR) is 59.7 cm³/mol. The van der Waals surface area contributed by atoms with Crippen LogP contribution in [0, 0.1) is 6.92 Å². The standard InChI is InChI=1S/C6H8N2O2.2C2H6/c1-4-3-8(2)6(10)7-5(4)9;2*1-2/h3H,1-2H3,(H,7,9,10);2*1-2H3. The first-order valence-electron chi connectivity index (χ1n) is 4.88. The van der Waals surface area contributed by atoms with Gasteiger partial charge in [0.05, 0.1) is 0 Å². The monoisotopic (exact) mass is 200 g/mol. The lowest BCUT2D eigenvalue weighted by molar-refractivity contribution is 0.789. The highest BCUT2D eigenvalue weighted by Crippen LogP contribution is 1.77. The minimum Gasteiger partial charge on any atom is -0.303 e. The van der Waals surface area contributed by atoms with Gasteiger partial charge in [-0.2, -0.15) is 0 Å². The lowest BCUT2D eigenvalue weighted by Gasteiger charge is -1.94. The van der Waals surface area contributed by atoms with Crippen LogP contribution in [0.2, 0.25) is 0 Å². The zero-order valence-corrected chi connectivity index (χ0v) is 9.84. The summed E-state index contributed by atoms with van der Waals surface area (Å²) in [4.78, 5) is 23.6. The Balaban J connectivity index is 0. The normalized spacial score (nSPS) is 7.86. The summed E-state index contributed by atoms with van der Waals surface area (Å²) in [6.45, 7) is 9.65. The molecule has 0 saturated carbocycles. The molecule has 1 N–H and O–H groups in total. The summed E-state index contributed by atoms with van der Waals surface area (Å²) in [5.74, 6) is 0. The van der Waals surface area contributed by atoms with Crippen LogP contribution >= 0.6 is 0 Å². The maximum absolute atomic E-state index is 10.7. The predicted octanol–water partition coefficient (Wildman–Crippen LogP) is 1.43. The molecule has 0 bridgehead atoms. The van der Waals surface area contributed by atoms with Gasteiger partial charge in [-0.1, -0.05) is 27.7 Å². The molecule has 1 heterocycles. The zero-order chi connectivity index (χ0) is 11.7. The fourth-order valence-corrected chi connectivity index (χ4v) is 0.692. The largest absolute Gasteiger partial charge is 0.328 e. The average molecular weight is 200 g/mol. The fraction of sp³-hybridized carbons (Fsp3) is 0.600. The Hall–Kier alpha value is -1.32. The Bertz CT molecular complexity index is 319. The van der Waals surface area contributed by atoms with Crippen molar-refractivity contribution in [3.63, 3.8) is 0 Å². The molecule has 14 heavy (non-hydrogen) atoms. The van der Waals surface area contributed by atoms with E-state index < -0.39 is 0 Å². The number of hydrogen-bond donors (Lipinski definition) is 1.